The Kier molecular flexibility index (Phi) is 6.19. The molecule has 1 aliphatic carbocycles. The zero-order valence-electron chi connectivity index (χ0n) is 15.7. The summed E-state index contributed by atoms with van der Waals surface area (Å²) in [5.41, 5.74) is 0.940. The smallest absolute Gasteiger partial charge is 0.233 e. The number of hydrogen-bond acceptors (Lipinski definition) is 4. The maximum Gasteiger partial charge on any atom is 0.233 e. The van der Waals surface area contributed by atoms with E-state index in [1.165, 1.54) is 4.90 Å². The van der Waals surface area contributed by atoms with Crippen LogP contribution < -0.4 is 10.1 Å². The molecule has 7 heteroatoms. The second kappa shape index (κ2) is 8.42. The summed E-state index contributed by atoms with van der Waals surface area (Å²) >= 11 is 3.44. The second-order valence-electron chi connectivity index (χ2n) is 7.26. The summed E-state index contributed by atoms with van der Waals surface area (Å²) in [7, 11) is 1.60. The van der Waals surface area contributed by atoms with E-state index in [1.807, 2.05) is 25.1 Å². The lowest BCUT2D eigenvalue weighted by Gasteiger charge is -2.19. The van der Waals surface area contributed by atoms with Gasteiger partial charge in [0.15, 0.2) is 0 Å². The van der Waals surface area contributed by atoms with Gasteiger partial charge in [-0.15, -0.1) is 0 Å². The lowest BCUT2D eigenvalue weighted by Crippen LogP contribution is -2.36. The summed E-state index contributed by atoms with van der Waals surface area (Å²) in [6, 6.07) is 5.45. The molecule has 3 rings (SSSR count). The predicted molar refractivity (Wildman–Crippen MR) is 104 cm³/mol. The standard InChI is InChI=1S/C20H25BrN2O4/c1-12(13-7-8-17(27-2)16(21)11-13)22-18(24)9-10-23-19(25)14-5-3-4-6-15(14)20(23)26/h7-8,11-12,14-15H,3-6,9-10H2,1-2H3,(H,22,24). The van der Waals surface area contributed by atoms with E-state index in [4.69, 9.17) is 4.74 Å². The van der Waals surface area contributed by atoms with E-state index in [9.17, 15) is 14.4 Å². The molecule has 0 radical (unpaired) electrons. The van der Waals surface area contributed by atoms with Gasteiger partial charge in [-0.3, -0.25) is 19.3 Å². The molecular weight excluding hydrogens is 412 g/mol. The van der Waals surface area contributed by atoms with Gasteiger partial charge in [-0.05, 0) is 53.4 Å². The van der Waals surface area contributed by atoms with Crippen LogP contribution in [0.15, 0.2) is 22.7 Å². The fraction of sp³-hybridized carbons (Fsp3) is 0.550. The van der Waals surface area contributed by atoms with E-state index in [1.54, 1.807) is 7.11 Å². The van der Waals surface area contributed by atoms with E-state index in [0.29, 0.717) is 0 Å². The van der Waals surface area contributed by atoms with Gasteiger partial charge in [0.2, 0.25) is 17.7 Å². The van der Waals surface area contributed by atoms with Gasteiger partial charge < -0.3 is 10.1 Å². The highest BCUT2D eigenvalue weighted by atomic mass is 79.9. The number of fused-ring (bicyclic) bond motifs is 1. The predicted octanol–water partition coefficient (Wildman–Crippen LogP) is 3.20. The molecule has 1 saturated heterocycles. The van der Waals surface area contributed by atoms with E-state index in [0.717, 1.165) is 41.5 Å². The van der Waals surface area contributed by atoms with Crippen molar-refractivity contribution in [1.29, 1.82) is 0 Å². The van der Waals surface area contributed by atoms with Crippen LogP contribution in [0.5, 0.6) is 5.75 Å². The second-order valence-corrected chi connectivity index (χ2v) is 8.11. The number of nitrogens with one attached hydrogen (secondary N) is 1. The Morgan fingerprint density at radius 3 is 2.44 bits per heavy atom. The summed E-state index contributed by atoms with van der Waals surface area (Å²) in [5.74, 6) is 0.0405. The number of carbonyl (C=O) groups is 3. The molecule has 0 spiro atoms. The number of hydrogen-bond donors (Lipinski definition) is 1. The van der Waals surface area contributed by atoms with Gasteiger partial charge in [0.1, 0.15) is 5.75 Å². The number of methoxy groups -OCH3 is 1. The maximum atomic E-state index is 12.5. The number of amides is 3. The van der Waals surface area contributed by atoms with Gasteiger partial charge in [0.05, 0.1) is 29.5 Å². The van der Waals surface area contributed by atoms with Crippen molar-refractivity contribution < 1.29 is 19.1 Å². The topological polar surface area (TPSA) is 75.7 Å². The minimum Gasteiger partial charge on any atom is -0.496 e. The van der Waals surface area contributed by atoms with Crippen molar-refractivity contribution in [3.05, 3.63) is 28.2 Å². The summed E-state index contributed by atoms with van der Waals surface area (Å²) in [5, 5.41) is 2.93. The van der Waals surface area contributed by atoms with Crippen molar-refractivity contribution >= 4 is 33.7 Å². The third-order valence-electron chi connectivity index (χ3n) is 5.55. The Labute approximate surface area is 167 Å². The Bertz CT molecular complexity index is 727. The average Bonchev–Trinajstić information content (AvgIpc) is 2.90. The van der Waals surface area contributed by atoms with E-state index < -0.39 is 0 Å². The number of ether oxygens (including phenoxy) is 1. The van der Waals surface area contributed by atoms with Gasteiger partial charge in [-0.25, -0.2) is 0 Å². The van der Waals surface area contributed by atoms with Crippen molar-refractivity contribution in [2.24, 2.45) is 11.8 Å². The molecule has 2 aliphatic rings. The Morgan fingerprint density at radius 1 is 1.26 bits per heavy atom. The van der Waals surface area contributed by atoms with Gasteiger partial charge in [-0.1, -0.05) is 18.9 Å². The molecule has 1 aromatic rings. The number of carbonyl (C=O) groups excluding carboxylic acids is 3. The summed E-state index contributed by atoms with van der Waals surface area (Å²) in [4.78, 5) is 38.5. The maximum absolute atomic E-state index is 12.5. The summed E-state index contributed by atoms with van der Waals surface area (Å²) < 4.78 is 6.03. The fourth-order valence-corrected chi connectivity index (χ4v) is 4.57. The quantitative estimate of drug-likeness (QED) is 0.694. The minimum atomic E-state index is -0.188. The van der Waals surface area contributed by atoms with Gasteiger partial charge >= 0.3 is 0 Å². The molecule has 0 bridgehead atoms. The first-order valence-corrected chi connectivity index (χ1v) is 10.2. The first-order chi connectivity index (χ1) is 12.9. The fourth-order valence-electron chi connectivity index (χ4n) is 4.01. The highest BCUT2D eigenvalue weighted by molar-refractivity contribution is 9.10. The molecule has 3 unspecified atom stereocenters. The van der Waals surface area contributed by atoms with E-state index >= 15 is 0 Å². The molecule has 27 heavy (non-hydrogen) atoms. The number of benzene rings is 1. The average molecular weight is 437 g/mol. The van der Waals surface area contributed by atoms with Crippen LogP contribution in [-0.2, 0) is 14.4 Å². The van der Waals surface area contributed by atoms with Crippen molar-refractivity contribution in [2.45, 2.75) is 45.1 Å². The van der Waals surface area contributed by atoms with Crippen LogP contribution >= 0.6 is 15.9 Å². The highest BCUT2D eigenvalue weighted by Gasteiger charge is 2.47. The number of rotatable bonds is 6. The molecule has 3 amide bonds. The molecule has 1 N–H and O–H groups in total. The van der Waals surface area contributed by atoms with Gasteiger partial charge in [-0.2, -0.15) is 0 Å². The lowest BCUT2D eigenvalue weighted by atomic mass is 9.81. The molecule has 1 heterocycles. The molecule has 2 fully saturated rings. The normalized spacial score (nSPS) is 23.1. The number of likely N-dealkylation sites (tertiary alicyclic amines) is 1. The molecule has 1 aliphatic heterocycles. The monoisotopic (exact) mass is 436 g/mol. The van der Waals surface area contributed by atoms with Crippen molar-refractivity contribution in [3.8, 4) is 5.75 Å². The molecule has 1 aromatic carbocycles. The molecule has 146 valence electrons. The van der Waals surface area contributed by atoms with E-state index in [2.05, 4.69) is 21.2 Å². The van der Waals surface area contributed by atoms with Crippen LogP contribution in [0.1, 0.15) is 50.6 Å². The van der Waals surface area contributed by atoms with Crippen LogP contribution in [0.2, 0.25) is 0 Å². The first-order valence-electron chi connectivity index (χ1n) is 9.40. The number of nitrogens with zero attached hydrogens (tertiary/aromatic N) is 1. The van der Waals surface area contributed by atoms with E-state index in [-0.39, 0.29) is 48.6 Å². The lowest BCUT2D eigenvalue weighted by molar-refractivity contribution is -0.140. The van der Waals surface area contributed by atoms with Crippen LogP contribution in [0.4, 0.5) is 0 Å². The van der Waals surface area contributed by atoms with Crippen LogP contribution in [0.25, 0.3) is 0 Å². The Morgan fingerprint density at radius 2 is 1.89 bits per heavy atom. The highest BCUT2D eigenvalue weighted by Crippen LogP contribution is 2.38. The summed E-state index contributed by atoms with van der Waals surface area (Å²) in [6.45, 7) is 2.06. The largest absolute Gasteiger partial charge is 0.496 e. The first kappa shape index (κ1) is 19.9. The Balaban J connectivity index is 1.54. The third kappa shape index (κ3) is 4.18. The molecule has 3 atom stereocenters. The van der Waals surface area contributed by atoms with Crippen molar-refractivity contribution in [2.75, 3.05) is 13.7 Å². The van der Waals surface area contributed by atoms with Crippen LogP contribution in [-0.4, -0.2) is 36.3 Å². The van der Waals surface area contributed by atoms with Crippen LogP contribution in [0, 0.1) is 11.8 Å². The summed E-state index contributed by atoms with van der Waals surface area (Å²) in [6.07, 6.45) is 3.72. The van der Waals surface area contributed by atoms with Crippen LogP contribution in [0.3, 0.4) is 0 Å². The van der Waals surface area contributed by atoms with Gasteiger partial charge in [0, 0.05) is 13.0 Å². The van der Waals surface area contributed by atoms with Gasteiger partial charge in [0.25, 0.3) is 0 Å². The molecule has 0 aromatic heterocycles. The van der Waals surface area contributed by atoms with Crippen molar-refractivity contribution in [1.82, 2.24) is 10.2 Å². The number of imide groups is 1. The zero-order chi connectivity index (χ0) is 19.6. The Hall–Kier alpha value is -1.89. The molecule has 6 nitrogen and oxygen atoms in total. The zero-order valence-corrected chi connectivity index (χ0v) is 17.3. The minimum absolute atomic E-state index is 0.0929. The van der Waals surface area contributed by atoms with Crippen molar-refractivity contribution in [3.63, 3.8) is 0 Å². The molecule has 1 saturated carbocycles. The number of halogens is 1. The third-order valence-corrected chi connectivity index (χ3v) is 6.17. The molecular formula is C20H25BrN2O4. The SMILES string of the molecule is COc1ccc(C(C)NC(=O)CCN2C(=O)C3CCCCC3C2=O)cc1Br.